The fraction of sp³-hybridized carbons (Fsp3) is 0.481. The summed E-state index contributed by atoms with van der Waals surface area (Å²) >= 11 is 0. The van der Waals surface area contributed by atoms with E-state index in [2.05, 4.69) is 71.0 Å². The quantitative estimate of drug-likeness (QED) is 0.392. The van der Waals surface area contributed by atoms with Gasteiger partial charge in [-0.15, -0.1) is 0 Å². The summed E-state index contributed by atoms with van der Waals surface area (Å²) in [6.07, 6.45) is 5.43. The number of hydrogen-bond donors (Lipinski definition) is 0. The van der Waals surface area contributed by atoms with Crippen molar-refractivity contribution in [1.29, 1.82) is 0 Å². The van der Waals surface area contributed by atoms with E-state index in [-0.39, 0.29) is 0 Å². The fourth-order valence-corrected chi connectivity index (χ4v) is 6.48. The van der Waals surface area contributed by atoms with E-state index < -0.39 is 0 Å². The first kappa shape index (κ1) is 17.3. The van der Waals surface area contributed by atoms with Gasteiger partial charge in [0, 0.05) is 0 Å². The van der Waals surface area contributed by atoms with Gasteiger partial charge in [-0.1, -0.05) is 57.2 Å². The van der Waals surface area contributed by atoms with Crippen LogP contribution >= 0.6 is 0 Å². The SMILES string of the molecule is Cc1ccc2c(ccc3c4c(ccc32)[C@H]2[C@H](C(C)C)CC[C@]2(C)CC4)c1C. The molecule has 3 aromatic carbocycles. The van der Waals surface area contributed by atoms with Gasteiger partial charge in [0.2, 0.25) is 0 Å². The van der Waals surface area contributed by atoms with Gasteiger partial charge < -0.3 is 0 Å². The smallest absolute Gasteiger partial charge is 0.00741 e. The third-order valence-corrected chi connectivity index (χ3v) is 8.25. The molecule has 0 amide bonds. The molecule has 0 aliphatic heterocycles. The van der Waals surface area contributed by atoms with Gasteiger partial charge in [0.15, 0.2) is 0 Å². The van der Waals surface area contributed by atoms with Gasteiger partial charge in [0.05, 0.1) is 0 Å². The maximum absolute atomic E-state index is 2.57. The Bertz CT molecular complexity index is 1050. The van der Waals surface area contributed by atoms with Gasteiger partial charge >= 0.3 is 0 Å². The highest BCUT2D eigenvalue weighted by Gasteiger charge is 2.49. The van der Waals surface area contributed by atoms with E-state index in [0.29, 0.717) is 5.41 Å². The maximum atomic E-state index is 2.57. The molecule has 140 valence electrons. The van der Waals surface area contributed by atoms with Crippen LogP contribution in [0.4, 0.5) is 0 Å². The van der Waals surface area contributed by atoms with Crippen molar-refractivity contribution in [1.82, 2.24) is 0 Å². The largest absolute Gasteiger partial charge is 0.0625 e. The molecule has 0 unspecified atom stereocenters. The Labute approximate surface area is 164 Å². The normalized spacial score (nSPS) is 27.3. The van der Waals surface area contributed by atoms with Crippen molar-refractivity contribution in [3.63, 3.8) is 0 Å². The number of rotatable bonds is 1. The van der Waals surface area contributed by atoms with Crippen LogP contribution in [0.25, 0.3) is 21.5 Å². The second kappa shape index (κ2) is 5.84. The Morgan fingerprint density at radius 3 is 2.30 bits per heavy atom. The summed E-state index contributed by atoms with van der Waals surface area (Å²) in [6, 6.07) is 14.4. The molecule has 3 atom stereocenters. The van der Waals surface area contributed by atoms with E-state index >= 15 is 0 Å². The van der Waals surface area contributed by atoms with Gasteiger partial charge in [-0.25, -0.2) is 0 Å². The molecule has 0 radical (unpaired) electrons. The van der Waals surface area contributed by atoms with Crippen LogP contribution in [0.5, 0.6) is 0 Å². The predicted octanol–water partition coefficient (Wildman–Crippen LogP) is 7.71. The van der Waals surface area contributed by atoms with Crippen molar-refractivity contribution in [2.45, 2.75) is 66.2 Å². The lowest BCUT2D eigenvalue weighted by Crippen LogP contribution is -2.31. The van der Waals surface area contributed by atoms with Gasteiger partial charge in [-0.2, -0.15) is 0 Å². The van der Waals surface area contributed by atoms with E-state index in [4.69, 9.17) is 0 Å². The van der Waals surface area contributed by atoms with Crippen LogP contribution in [0.1, 0.15) is 68.2 Å². The molecule has 3 aromatic rings. The van der Waals surface area contributed by atoms with E-state index in [1.54, 1.807) is 11.1 Å². The molecule has 1 saturated carbocycles. The van der Waals surface area contributed by atoms with E-state index in [9.17, 15) is 0 Å². The first-order chi connectivity index (χ1) is 12.9. The van der Waals surface area contributed by atoms with Gasteiger partial charge in [-0.05, 0) is 106 Å². The monoisotopic (exact) mass is 356 g/mol. The summed E-state index contributed by atoms with van der Waals surface area (Å²) in [5.74, 6) is 2.37. The van der Waals surface area contributed by atoms with Crippen LogP contribution in [-0.2, 0) is 6.42 Å². The molecule has 2 aliphatic carbocycles. The van der Waals surface area contributed by atoms with Crippen LogP contribution in [0.3, 0.4) is 0 Å². The molecule has 27 heavy (non-hydrogen) atoms. The predicted molar refractivity (Wildman–Crippen MR) is 118 cm³/mol. The van der Waals surface area contributed by atoms with Crippen LogP contribution in [0.15, 0.2) is 36.4 Å². The number of fused-ring (bicyclic) bond motifs is 7. The maximum Gasteiger partial charge on any atom is -0.00741 e. The minimum Gasteiger partial charge on any atom is -0.0625 e. The fourth-order valence-electron chi connectivity index (χ4n) is 6.48. The average Bonchev–Trinajstić information content (AvgIpc) is 3.02. The number of hydrogen-bond acceptors (Lipinski definition) is 0. The topological polar surface area (TPSA) is 0 Å². The number of benzene rings is 3. The lowest BCUT2D eigenvalue weighted by atomic mass is 9.63. The molecule has 0 heterocycles. The molecule has 2 aliphatic rings. The van der Waals surface area contributed by atoms with Crippen molar-refractivity contribution in [2.24, 2.45) is 17.3 Å². The minimum absolute atomic E-state index is 0.514. The van der Waals surface area contributed by atoms with Crippen LogP contribution in [0.2, 0.25) is 0 Å². The Hall–Kier alpha value is -1.82. The van der Waals surface area contributed by atoms with E-state index in [1.807, 2.05) is 0 Å². The third-order valence-electron chi connectivity index (χ3n) is 8.25. The van der Waals surface area contributed by atoms with Gasteiger partial charge in [0.25, 0.3) is 0 Å². The molecule has 0 N–H and O–H groups in total. The molecule has 0 spiro atoms. The highest BCUT2D eigenvalue weighted by Crippen LogP contribution is 2.60. The Kier molecular flexibility index (Phi) is 3.74. The summed E-state index contributed by atoms with van der Waals surface area (Å²) in [4.78, 5) is 0. The van der Waals surface area contributed by atoms with Gasteiger partial charge in [-0.3, -0.25) is 0 Å². The van der Waals surface area contributed by atoms with Crippen molar-refractivity contribution >= 4 is 21.5 Å². The first-order valence-corrected chi connectivity index (χ1v) is 10.8. The summed E-state index contributed by atoms with van der Waals surface area (Å²) in [5, 5.41) is 5.82. The van der Waals surface area contributed by atoms with Crippen molar-refractivity contribution in [3.05, 3.63) is 58.7 Å². The molecule has 0 saturated heterocycles. The van der Waals surface area contributed by atoms with Crippen LogP contribution in [-0.4, -0.2) is 0 Å². The average molecular weight is 357 g/mol. The molecule has 0 bridgehead atoms. The molecule has 0 heteroatoms. The molecular formula is C27H32. The zero-order valence-electron chi connectivity index (χ0n) is 17.5. The highest BCUT2D eigenvalue weighted by molar-refractivity contribution is 6.10. The second-order valence-corrected chi connectivity index (χ2v) is 9.97. The standard InChI is InChI=1S/C27H32/c1-16(2)19-12-14-27(5)15-13-24-23-9-8-20-18(4)17(3)6-7-21(20)22(23)10-11-25(24)26(19)27/h6-11,16,19,26H,12-15H2,1-5H3/t19-,26+,27+/m0/s1. The summed E-state index contributed by atoms with van der Waals surface area (Å²) in [7, 11) is 0. The third kappa shape index (κ3) is 2.35. The number of aryl methyl sites for hydroxylation is 3. The Morgan fingerprint density at radius 1 is 0.852 bits per heavy atom. The Balaban J connectivity index is 1.77. The van der Waals surface area contributed by atoms with Crippen molar-refractivity contribution < 1.29 is 0 Å². The summed E-state index contributed by atoms with van der Waals surface area (Å²) < 4.78 is 0. The van der Waals surface area contributed by atoms with E-state index in [0.717, 1.165) is 17.8 Å². The summed E-state index contributed by atoms with van der Waals surface area (Å²) in [6.45, 7) is 11.9. The highest BCUT2D eigenvalue weighted by atomic mass is 14.5. The van der Waals surface area contributed by atoms with Crippen molar-refractivity contribution in [3.8, 4) is 0 Å². The molecular weight excluding hydrogens is 324 g/mol. The first-order valence-electron chi connectivity index (χ1n) is 10.8. The van der Waals surface area contributed by atoms with Crippen LogP contribution in [0, 0.1) is 31.1 Å². The molecule has 0 nitrogen and oxygen atoms in total. The minimum atomic E-state index is 0.514. The molecule has 5 rings (SSSR count). The van der Waals surface area contributed by atoms with E-state index in [1.165, 1.54) is 58.4 Å². The molecule has 0 aromatic heterocycles. The van der Waals surface area contributed by atoms with Crippen LogP contribution < -0.4 is 0 Å². The second-order valence-electron chi connectivity index (χ2n) is 9.97. The zero-order valence-corrected chi connectivity index (χ0v) is 17.5. The zero-order chi connectivity index (χ0) is 18.9. The van der Waals surface area contributed by atoms with Gasteiger partial charge in [0.1, 0.15) is 0 Å². The lowest BCUT2D eigenvalue weighted by molar-refractivity contribution is 0.210. The van der Waals surface area contributed by atoms with Crippen molar-refractivity contribution in [2.75, 3.05) is 0 Å². The summed E-state index contributed by atoms with van der Waals surface area (Å²) in [5.41, 5.74) is 6.66. The lowest BCUT2D eigenvalue weighted by Gasteiger charge is -2.41. The molecule has 1 fully saturated rings. The Morgan fingerprint density at radius 2 is 1.52 bits per heavy atom.